The molecule has 0 spiro atoms. The van der Waals surface area contributed by atoms with Crippen molar-refractivity contribution in [3.05, 3.63) is 61.1 Å². The standard InChI is InChI=1S/C12H12O3/c1-3-6-11(9(2)13)15-12-8-5-4-7-10(12)14/h3-8,13-14H,1-2H2/b11-6+. The van der Waals surface area contributed by atoms with Gasteiger partial charge in [-0.15, -0.1) is 0 Å². The molecule has 0 unspecified atom stereocenters. The molecule has 3 heteroatoms. The van der Waals surface area contributed by atoms with Gasteiger partial charge in [0.1, 0.15) is 0 Å². The first-order chi connectivity index (χ1) is 7.15. The van der Waals surface area contributed by atoms with Crippen LogP contribution in [-0.4, -0.2) is 10.2 Å². The quantitative estimate of drug-likeness (QED) is 0.585. The number of ether oxygens (including phenoxy) is 1. The molecule has 3 nitrogen and oxygen atoms in total. The molecule has 0 aliphatic rings. The smallest absolute Gasteiger partial charge is 0.169 e. The van der Waals surface area contributed by atoms with Crippen LogP contribution in [0.25, 0.3) is 0 Å². The van der Waals surface area contributed by atoms with Crippen LogP contribution in [0.4, 0.5) is 0 Å². The first-order valence-corrected chi connectivity index (χ1v) is 4.32. The third kappa shape index (κ3) is 2.91. The molecule has 2 N–H and O–H groups in total. The first kappa shape index (κ1) is 10.9. The predicted octanol–water partition coefficient (Wildman–Crippen LogP) is 2.91. The van der Waals surface area contributed by atoms with E-state index in [-0.39, 0.29) is 23.0 Å². The lowest BCUT2D eigenvalue weighted by Gasteiger charge is -2.09. The van der Waals surface area contributed by atoms with Gasteiger partial charge in [-0.25, -0.2) is 0 Å². The monoisotopic (exact) mass is 204 g/mol. The zero-order valence-electron chi connectivity index (χ0n) is 8.18. The summed E-state index contributed by atoms with van der Waals surface area (Å²) in [6.07, 6.45) is 2.91. The largest absolute Gasteiger partial charge is 0.505 e. The Morgan fingerprint density at radius 1 is 1.33 bits per heavy atom. The number of hydrogen-bond donors (Lipinski definition) is 2. The van der Waals surface area contributed by atoms with Gasteiger partial charge in [0.25, 0.3) is 0 Å². The van der Waals surface area contributed by atoms with E-state index in [0.29, 0.717) is 0 Å². The maximum atomic E-state index is 9.42. The maximum absolute atomic E-state index is 9.42. The van der Waals surface area contributed by atoms with E-state index in [4.69, 9.17) is 4.74 Å². The van der Waals surface area contributed by atoms with Gasteiger partial charge in [0.2, 0.25) is 0 Å². The van der Waals surface area contributed by atoms with Crippen molar-refractivity contribution in [2.45, 2.75) is 0 Å². The molecule has 0 saturated carbocycles. The molecule has 0 radical (unpaired) electrons. The van der Waals surface area contributed by atoms with Crippen LogP contribution in [0.1, 0.15) is 0 Å². The van der Waals surface area contributed by atoms with Gasteiger partial charge in [0, 0.05) is 0 Å². The minimum Gasteiger partial charge on any atom is -0.505 e. The molecule has 1 rings (SSSR count). The number of aliphatic hydroxyl groups excluding tert-OH is 1. The van der Waals surface area contributed by atoms with Crippen LogP contribution in [0.15, 0.2) is 61.1 Å². The number of phenols is 1. The molecule has 1 aromatic carbocycles. The lowest BCUT2D eigenvalue weighted by atomic mass is 10.3. The van der Waals surface area contributed by atoms with Gasteiger partial charge in [-0.1, -0.05) is 31.4 Å². The fraction of sp³-hybridized carbons (Fsp3) is 0. The summed E-state index contributed by atoms with van der Waals surface area (Å²) in [5, 5.41) is 18.6. The molecule has 0 aromatic heterocycles. The first-order valence-electron chi connectivity index (χ1n) is 4.32. The summed E-state index contributed by atoms with van der Waals surface area (Å²) in [5.41, 5.74) is 0. The molecule has 0 aliphatic carbocycles. The van der Waals surface area contributed by atoms with Crippen molar-refractivity contribution in [1.82, 2.24) is 0 Å². The van der Waals surface area contributed by atoms with E-state index in [0.717, 1.165) is 0 Å². The summed E-state index contributed by atoms with van der Waals surface area (Å²) < 4.78 is 5.24. The summed E-state index contributed by atoms with van der Waals surface area (Å²) in [6, 6.07) is 6.45. The average molecular weight is 204 g/mol. The van der Waals surface area contributed by atoms with Crippen molar-refractivity contribution < 1.29 is 14.9 Å². The number of para-hydroxylation sites is 2. The minimum absolute atomic E-state index is 0.00582. The Kier molecular flexibility index (Phi) is 3.57. The fourth-order valence-corrected chi connectivity index (χ4v) is 0.958. The van der Waals surface area contributed by atoms with Crippen LogP contribution in [0.3, 0.4) is 0 Å². The summed E-state index contributed by atoms with van der Waals surface area (Å²) >= 11 is 0. The zero-order chi connectivity index (χ0) is 11.3. The van der Waals surface area contributed by atoms with Gasteiger partial charge in [-0.2, -0.15) is 0 Å². The molecule has 78 valence electrons. The summed E-state index contributed by atoms with van der Waals surface area (Å²) in [6.45, 7) is 6.81. The third-order valence-electron chi connectivity index (χ3n) is 1.64. The molecule has 0 amide bonds. The Balaban J connectivity index is 2.93. The Morgan fingerprint density at radius 2 is 2.00 bits per heavy atom. The molecule has 1 aromatic rings. The number of rotatable bonds is 4. The van der Waals surface area contributed by atoms with Crippen LogP contribution in [0.2, 0.25) is 0 Å². The van der Waals surface area contributed by atoms with E-state index in [9.17, 15) is 10.2 Å². The van der Waals surface area contributed by atoms with Crippen molar-refractivity contribution in [2.24, 2.45) is 0 Å². The second-order valence-electron chi connectivity index (χ2n) is 2.78. The fourth-order valence-electron chi connectivity index (χ4n) is 0.958. The van der Waals surface area contributed by atoms with Crippen molar-refractivity contribution in [3.8, 4) is 11.5 Å². The van der Waals surface area contributed by atoms with E-state index in [1.165, 1.54) is 18.2 Å². The Morgan fingerprint density at radius 3 is 2.53 bits per heavy atom. The lowest BCUT2D eigenvalue weighted by Crippen LogP contribution is -1.97. The highest BCUT2D eigenvalue weighted by Crippen LogP contribution is 2.27. The zero-order valence-corrected chi connectivity index (χ0v) is 8.18. The van der Waals surface area contributed by atoms with Gasteiger partial charge in [-0.05, 0) is 18.2 Å². The highest BCUT2D eigenvalue weighted by Gasteiger charge is 2.06. The number of benzene rings is 1. The SMILES string of the molecule is C=C/C=C(/Oc1ccccc1O)C(=C)O. The number of allylic oxidation sites excluding steroid dienone is 2. The minimum atomic E-state index is -0.224. The van der Waals surface area contributed by atoms with Crippen molar-refractivity contribution in [3.63, 3.8) is 0 Å². The van der Waals surface area contributed by atoms with Gasteiger partial charge in [0.15, 0.2) is 23.0 Å². The molecule has 0 bridgehead atoms. The highest BCUT2D eigenvalue weighted by atomic mass is 16.5. The van der Waals surface area contributed by atoms with Gasteiger partial charge >= 0.3 is 0 Å². The maximum Gasteiger partial charge on any atom is 0.169 e. The van der Waals surface area contributed by atoms with E-state index in [2.05, 4.69) is 13.2 Å². The molecule has 0 aliphatic heterocycles. The van der Waals surface area contributed by atoms with Crippen molar-refractivity contribution in [2.75, 3.05) is 0 Å². The van der Waals surface area contributed by atoms with Crippen molar-refractivity contribution >= 4 is 0 Å². The van der Waals surface area contributed by atoms with E-state index in [1.807, 2.05) is 0 Å². The van der Waals surface area contributed by atoms with E-state index < -0.39 is 0 Å². The third-order valence-corrected chi connectivity index (χ3v) is 1.64. The summed E-state index contributed by atoms with van der Waals surface area (Å²) in [4.78, 5) is 0. The predicted molar refractivity (Wildman–Crippen MR) is 58.8 cm³/mol. The molecule has 0 heterocycles. The second kappa shape index (κ2) is 4.91. The van der Waals surface area contributed by atoms with E-state index in [1.54, 1.807) is 18.2 Å². The van der Waals surface area contributed by atoms with Crippen LogP contribution in [-0.2, 0) is 0 Å². The Bertz CT molecular complexity index is 405. The number of hydrogen-bond acceptors (Lipinski definition) is 3. The van der Waals surface area contributed by atoms with Gasteiger partial charge in [0.05, 0.1) is 0 Å². The lowest BCUT2D eigenvalue weighted by molar-refractivity contribution is 0.327. The molecular formula is C12H12O3. The number of phenolic OH excluding ortho intramolecular Hbond substituents is 1. The van der Waals surface area contributed by atoms with Crippen LogP contribution in [0, 0.1) is 0 Å². The summed E-state index contributed by atoms with van der Waals surface area (Å²) in [5.74, 6) is 0.166. The van der Waals surface area contributed by atoms with Crippen LogP contribution < -0.4 is 4.74 Å². The Labute approximate surface area is 88.3 Å². The highest BCUT2D eigenvalue weighted by molar-refractivity contribution is 5.40. The van der Waals surface area contributed by atoms with Gasteiger partial charge in [-0.3, -0.25) is 0 Å². The van der Waals surface area contributed by atoms with Crippen LogP contribution in [0.5, 0.6) is 11.5 Å². The van der Waals surface area contributed by atoms with Crippen LogP contribution >= 0.6 is 0 Å². The molecule has 0 fully saturated rings. The second-order valence-corrected chi connectivity index (χ2v) is 2.78. The number of aromatic hydroxyl groups is 1. The normalized spacial score (nSPS) is 10.8. The molecular weight excluding hydrogens is 192 g/mol. The molecule has 15 heavy (non-hydrogen) atoms. The summed E-state index contributed by atoms with van der Waals surface area (Å²) in [7, 11) is 0. The topological polar surface area (TPSA) is 49.7 Å². The van der Waals surface area contributed by atoms with Gasteiger partial charge < -0.3 is 14.9 Å². The molecule has 0 saturated heterocycles. The molecule has 0 atom stereocenters. The number of aliphatic hydroxyl groups is 1. The Hall–Kier alpha value is -2.16. The van der Waals surface area contributed by atoms with E-state index >= 15 is 0 Å². The van der Waals surface area contributed by atoms with Crippen molar-refractivity contribution in [1.29, 1.82) is 0 Å². The average Bonchev–Trinajstić information content (AvgIpc) is 2.20.